The van der Waals surface area contributed by atoms with Crippen molar-refractivity contribution in [3.05, 3.63) is 69.8 Å². The summed E-state index contributed by atoms with van der Waals surface area (Å²) >= 11 is 0. The second kappa shape index (κ2) is 9.32. The van der Waals surface area contributed by atoms with Crippen LogP contribution >= 0.6 is 0 Å². The summed E-state index contributed by atoms with van der Waals surface area (Å²) in [5.74, 6) is -1.12. The van der Waals surface area contributed by atoms with E-state index >= 15 is 0 Å². The van der Waals surface area contributed by atoms with Crippen LogP contribution in [0.5, 0.6) is 0 Å². The molecule has 1 fully saturated rings. The van der Waals surface area contributed by atoms with Gasteiger partial charge in [-0.15, -0.1) is 0 Å². The van der Waals surface area contributed by atoms with Crippen LogP contribution in [-0.4, -0.2) is 41.1 Å². The minimum atomic E-state index is -0.918. The number of non-ortho nitro benzene ring substituents is 1. The number of nitrogens with two attached hydrogens (primary N) is 1. The predicted molar refractivity (Wildman–Crippen MR) is 124 cm³/mol. The van der Waals surface area contributed by atoms with Crippen molar-refractivity contribution in [2.45, 2.75) is 57.8 Å². The highest BCUT2D eigenvalue weighted by atomic mass is 16.7. The zero-order chi connectivity index (χ0) is 24.4. The van der Waals surface area contributed by atoms with E-state index in [1.807, 2.05) is 52.0 Å². The first-order valence-electron chi connectivity index (χ1n) is 10.6. The van der Waals surface area contributed by atoms with Gasteiger partial charge in [-0.1, -0.05) is 36.4 Å². The van der Waals surface area contributed by atoms with Crippen LogP contribution in [-0.2, 0) is 31.7 Å². The van der Waals surface area contributed by atoms with E-state index in [2.05, 4.69) is 5.32 Å². The molecular weight excluding hydrogens is 425 g/mol. The Morgan fingerprint density at radius 1 is 1.06 bits per heavy atom. The molecule has 10 heteroatoms. The Kier molecular flexibility index (Phi) is 6.90. The molecule has 1 heterocycles. The topological polar surface area (TPSA) is 134 Å². The first-order chi connectivity index (χ1) is 15.4. The van der Waals surface area contributed by atoms with Crippen LogP contribution in [0.15, 0.2) is 48.5 Å². The van der Waals surface area contributed by atoms with Crippen molar-refractivity contribution in [3.8, 4) is 0 Å². The average Bonchev–Trinajstić information content (AvgIpc) is 2.95. The van der Waals surface area contributed by atoms with Crippen LogP contribution in [0.2, 0.25) is 0 Å². The van der Waals surface area contributed by atoms with Gasteiger partial charge in [0.2, 0.25) is 11.8 Å². The van der Waals surface area contributed by atoms with Gasteiger partial charge in [-0.05, 0) is 44.3 Å². The zero-order valence-corrected chi connectivity index (χ0v) is 19.2. The number of amides is 2. The molecule has 0 saturated carbocycles. The van der Waals surface area contributed by atoms with Crippen LogP contribution in [0.25, 0.3) is 0 Å². The van der Waals surface area contributed by atoms with Gasteiger partial charge in [0.05, 0.1) is 22.5 Å². The summed E-state index contributed by atoms with van der Waals surface area (Å²) in [5, 5.41) is 13.5. The maximum atomic E-state index is 12.4. The molecule has 33 heavy (non-hydrogen) atoms. The monoisotopic (exact) mass is 453 g/mol. The minimum absolute atomic E-state index is 0.103. The molecule has 1 aliphatic rings. The number of nitrogens with zero attached hydrogens (tertiary/aromatic N) is 1. The van der Waals surface area contributed by atoms with Crippen LogP contribution in [0, 0.1) is 10.1 Å². The number of nitrogens with one attached hydrogen (secondary N) is 1. The fourth-order valence-corrected chi connectivity index (χ4v) is 3.46. The SMILES string of the molecule is CC1(C)OB(c2ccc(C[C@@H](NC(=O)Cc3cccc([N+](=O)[O-])c3)C(N)=O)cc2)OC1(C)C. The summed E-state index contributed by atoms with van der Waals surface area (Å²) in [4.78, 5) is 34.7. The van der Waals surface area contributed by atoms with E-state index in [1.165, 1.54) is 18.2 Å². The van der Waals surface area contributed by atoms with Crippen LogP contribution in [0.3, 0.4) is 0 Å². The maximum Gasteiger partial charge on any atom is 0.494 e. The van der Waals surface area contributed by atoms with Gasteiger partial charge in [-0.3, -0.25) is 19.7 Å². The van der Waals surface area contributed by atoms with Crippen molar-refractivity contribution in [1.29, 1.82) is 0 Å². The number of carbonyl (C=O) groups is 2. The molecule has 2 aromatic carbocycles. The average molecular weight is 453 g/mol. The third-order valence-electron chi connectivity index (χ3n) is 6.11. The second-order valence-corrected chi connectivity index (χ2v) is 9.16. The number of primary amides is 1. The molecule has 9 nitrogen and oxygen atoms in total. The number of rotatable bonds is 8. The van der Waals surface area contributed by atoms with Gasteiger partial charge in [0.1, 0.15) is 6.04 Å². The van der Waals surface area contributed by atoms with E-state index in [-0.39, 0.29) is 18.5 Å². The van der Waals surface area contributed by atoms with E-state index in [0.717, 1.165) is 11.0 Å². The number of carbonyl (C=O) groups excluding carboxylic acids is 2. The smallest absolute Gasteiger partial charge is 0.399 e. The van der Waals surface area contributed by atoms with Gasteiger partial charge in [-0.25, -0.2) is 0 Å². The Morgan fingerprint density at radius 2 is 1.67 bits per heavy atom. The van der Waals surface area contributed by atoms with E-state index in [1.54, 1.807) is 6.07 Å². The number of nitro groups is 1. The van der Waals surface area contributed by atoms with Gasteiger partial charge in [0, 0.05) is 18.6 Å². The molecular formula is C23H28BN3O6. The van der Waals surface area contributed by atoms with E-state index in [0.29, 0.717) is 5.56 Å². The normalized spacial score (nSPS) is 17.4. The Balaban J connectivity index is 1.63. The Morgan fingerprint density at radius 3 is 2.21 bits per heavy atom. The van der Waals surface area contributed by atoms with Gasteiger partial charge in [0.25, 0.3) is 5.69 Å². The number of hydrogen-bond acceptors (Lipinski definition) is 6. The third kappa shape index (κ3) is 5.77. The van der Waals surface area contributed by atoms with Crippen LogP contribution in [0.4, 0.5) is 5.69 Å². The molecule has 3 rings (SSSR count). The zero-order valence-electron chi connectivity index (χ0n) is 19.2. The summed E-state index contributed by atoms with van der Waals surface area (Å²) in [5.41, 5.74) is 6.62. The lowest BCUT2D eigenvalue weighted by Crippen LogP contribution is -2.46. The highest BCUT2D eigenvalue weighted by Gasteiger charge is 2.51. The Bertz CT molecular complexity index is 1040. The summed E-state index contributed by atoms with van der Waals surface area (Å²) in [6.45, 7) is 7.93. The standard InChI is InChI=1S/C23H28BN3O6/c1-22(2)23(3,4)33-24(32-22)17-10-8-15(9-11-17)13-19(21(25)29)26-20(28)14-16-6-5-7-18(12-16)27(30)31/h5-12,19H,13-14H2,1-4H3,(H2,25,29)(H,26,28)/t19-/m1/s1. The fourth-order valence-electron chi connectivity index (χ4n) is 3.46. The lowest BCUT2D eigenvalue weighted by atomic mass is 9.78. The highest BCUT2D eigenvalue weighted by Crippen LogP contribution is 2.36. The predicted octanol–water partition coefficient (Wildman–Crippen LogP) is 1.65. The molecule has 3 N–H and O–H groups in total. The van der Waals surface area contributed by atoms with Gasteiger partial charge >= 0.3 is 7.12 Å². The van der Waals surface area contributed by atoms with Gasteiger partial charge < -0.3 is 20.4 Å². The summed E-state index contributed by atoms with van der Waals surface area (Å²) in [7, 11) is -0.495. The molecule has 1 saturated heterocycles. The van der Waals surface area contributed by atoms with Crippen LogP contribution < -0.4 is 16.5 Å². The van der Waals surface area contributed by atoms with Crippen molar-refractivity contribution in [2.75, 3.05) is 0 Å². The number of nitro benzene ring substituents is 1. The first kappa shape index (κ1) is 24.4. The molecule has 0 aliphatic carbocycles. The second-order valence-electron chi connectivity index (χ2n) is 9.16. The van der Waals surface area contributed by atoms with Crippen molar-refractivity contribution in [3.63, 3.8) is 0 Å². The Hall–Kier alpha value is -3.24. The fraction of sp³-hybridized carbons (Fsp3) is 0.391. The Labute approximate surface area is 192 Å². The molecule has 0 bridgehead atoms. The lowest BCUT2D eigenvalue weighted by Gasteiger charge is -2.32. The largest absolute Gasteiger partial charge is 0.494 e. The van der Waals surface area contributed by atoms with E-state index in [4.69, 9.17) is 15.0 Å². The molecule has 0 aromatic heterocycles. The van der Waals surface area contributed by atoms with Gasteiger partial charge in [0.15, 0.2) is 0 Å². The van der Waals surface area contributed by atoms with Gasteiger partial charge in [-0.2, -0.15) is 0 Å². The molecule has 0 radical (unpaired) electrons. The molecule has 0 unspecified atom stereocenters. The van der Waals surface area contributed by atoms with Crippen LogP contribution in [0.1, 0.15) is 38.8 Å². The molecule has 174 valence electrons. The minimum Gasteiger partial charge on any atom is -0.399 e. The number of hydrogen-bond donors (Lipinski definition) is 2. The first-order valence-corrected chi connectivity index (χ1v) is 10.6. The number of benzene rings is 2. The quantitative estimate of drug-likeness (QED) is 0.355. The molecule has 2 aromatic rings. The summed E-state index contributed by atoms with van der Waals surface area (Å²) in [6.07, 6.45) is 0.103. The molecule has 1 aliphatic heterocycles. The van der Waals surface area contributed by atoms with Crippen molar-refractivity contribution < 1.29 is 23.8 Å². The van der Waals surface area contributed by atoms with Crippen molar-refractivity contribution >= 4 is 30.1 Å². The van der Waals surface area contributed by atoms with E-state index in [9.17, 15) is 19.7 Å². The summed E-state index contributed by atoms with van der Waals surface area (Å²) in [6, 6.07) is 12.3. The van der Waals surface area contributed by atoms with Crippen molar-refractivity contribution in [2.24, 2.45) is 5.73 Å². The molecule has 2 amide bonds. The van der Waals surface area contributed by atoms with Crippen molar-refractivity contribution in [1.82, 2.24) is 5.32 Å². The molecule has 0 spiro atoms. The summed E-state index contributed by atoms with van der Waals surface area (Å²) < 4.78 is 12.1. The lowest BCUT2D eigenvalue weighted by molar-refractivity contribution is -0.384. The highest BCUT2D eigenvalue weighted by molar-refractivity contribution is 6.62. The molecule has 1 atom stereocenters. The third-order valence-corrected chi connectivity index (χ3v) is 6.11. The maximum absolute atomic E-state index is 12.4. The van der Waals surface area contributed by atoms with E-state index < -0.39 is 41.1 Å².